The van der Waals surface area contributed by atoms with E-state index in [0.29, 0.717) is 0 Å². The average molecular weight is 276 g/mol. The minimum Gasteiger partial charge on any atom is -0.544 e. The number of rotatable bonds is 2. The maximum absolute atomic E-state index is 11.3. The number of hydrogen-bond donors (Lipinski definition) is 1. The molecule has 0 amide bonds. The van der Waals surface area contributed by atoms with Crippen LogP contribution in [0.25, 0.3) is 0 Å². The zero-order valence-corrected chi connectivity index (χ0v) is 11.4. The molecule has 0 aliphatic carbocycles. The smallest absolute Gasteiger partial charge is 0.544 e. The van der Waals surface area contributed by atoms with Crippen molar-refractivity contribution in [3.8, 4) is 0 Å². The number of carbonyl (C=O) groups is 2. The number of aliphatic carboxylic acids is 2. The number of halogens is 5. The van der Waals surface area contributed by atoms with E-state index < -0.39 is 24.0 Å². The molecule has 1 N–H and O–H groups in total. The molecular formula is C6H6F5KO4. The van der Waals surface area contributed by atoms with Crippen LogP contribution in [-0.4, -0.2) is 29.1 Å². The van der Waals surface area contributed by atoms with Crippen LogP contribution in [0.2, 0.25) is 0 Å². The van der Waals surface area contributed by atoms with Gasteiger partial charge < -0.3 is 15.0 Å². The molecule has 0 aliphatic heterocycles. The molecule has 0 aromatic heterocycles. The van der Waals surface area contributed by atoms with Gasteiger partial charge in [-0.2, -0.15) is 22.0 Å². The minimum absolute atomic E-state index is 0. The van der Waals surface area contributed by atoms with Gasteiger partial charge in [-0.05, 0) is 0 Å². The van der Waals surface area contributed by atoms with Crippen molar-refractivity contribution in [2.75, 3.05) is 0 Å². The SMILES string of the molecule is CCC(=O)O.O=C([O-])C(F)(F)C(F)(F)F.[K+]. The maximum Gasteiger partial charge on any atom is 1.00 e. The standard InChI is InChI=1S/C3HF5O2.C3H6O2.K/c4-2(5,1(9)10)3(6,7)8;1-2-3(4)5;/h(H,9,10);2H2,1H3,(H,4,5);/q;;+1/p-1. The molecule has 0 unspecified atom stereocenters. The molecule has 0 aromatic rings. The van der Waals surface area contributed by atoms with E-state index >= 15 is 0 Å². The van der Waals surface area contributed by atoms with E-state index in [1.807, 2.05) is 0 Å². The summed E-state index contributed by atoms with van der Waals surface area (Å²) >= 11 is 0. The van der Waals surface area contributed by atoms with Crippen molar-refractivity contribution in [3.05, 3.63) is 0 Å². The summed E-state index contributed by atoms with van der Waals surface area (Å²) in [6.07, 6.45) is -5.86. The van der Waals surface area contributed by atoms with E-state index in [1.54, 1.807) is 6.92 Å². The van der Waals surface area contributed by atoms with Gasteiger partial charge in [-0.15, -0.1) is 0 Å². The molecule has 0 rings (SSSR count). The molecule has 16 heavy (non-hydrogen) atoms. The van der Waals surface area contributed by atoms with E-state index in [4.69, 9.17) is 15.0 Å². The number of hydrogen-bond acceptors (Lipinski definition) is 3. The molecule has 0 spiro atoms. The molecule has 0 saturated heterocycles. The van der Waals surface area contributed by atoms with Gasteiger partial charge in [-0.3, -0.25) is 4.79 Å². The second kappa shape index (κ2) is 8.34. The third-order valence-corrected chi connectivity index (χ3v) is 0.915. The predicted octanol–water partition coefficient (Wildman–Crippen LogP) is -2.58. The Labute approximate surface area is 129 Å². The van der Waals surface area contributed by atoms with Gasteiger partial charge in [0, 0.05) is 6.42 Å². The van der Waals surface area contributed by atoms with E-state index in [-0.39, 0.29) is 57.8 Å². The number of carboxylic acids is 2. The van der Waals surface area contributed by atoms with Crippen LogP contribution < -0.4 is 56.5 Å². The molecule has 0 fully saturated rings. The quantitative estimate of drug-likeness (QED) is 0.444. The molecule has 0 atom stereocenters. The van der Waals surface area contributed by atoms with E-state index in [9.17, 15) is 26.7 Å². The normalized spacial score (nSPS) is 10.6. The fraction of sp³-hybridized carbons (Fsp3) is 0.667. The van der Waals surface area contributed by atoms with E-state index in [0.717, 1.165) is 0 Å². The fourth-order valence-electron chi connectivity index (χ4n) is 0.116. The summed E-state index contributed by atoms with van der Waals surface area (Å²) in [7, 11) is 0. The minimum atomic E-state index is -6.08. The molecule has 0 aromatic carbocycles. The average Bonchev–Trinajstić information content (AvgIpc) is 2.03. The van der Waals surface area contributed by atoms with Crippen LogP contribution >= 0.6 is 0 Å². The first-order chi connectivity index (χ1) is 6.46. The number of carbonyl (C=O) groups excluding carboxylic acids is 1. The van der Waals surface area contributed by atoms with Crippen LogP contribution in [0.4, 0.5) is 22.0 Å². The third-order valence-electron chi connectivity index (χ3n) is 0.915. The number of alkyl halides is 5. The second-order valence-corrected chi connectivity index (χ2v) is 2.11. The molecule has 10 heteroatoms. The van der Waals surface area contributed by atoms with Gasteiger partial charge in [0.2, 0.25) is 0 Å². The van der Waals surface area contributed by atoms with Crippen molar-refractivity contribution in [3.63, 3.8) is 0 Å². The molecule has 0 aliphatic rings. The van der Waals surface area contributed by atoms with Gasteiger partial charge >= 0.3 is 69.5 Å². The molecule has 0 bridgehead atoms. The van der Waals surface area contributed by atoms with Crippen molar-refractivity contribution in [1.29, 1.82) is 0 Å². The Morgan fingerprint density at radius 2 is 1.44 bits per heavy atom. The van der Waals surface area contributed by atoms with Crippen LogP contribution in [0, 0.1) is 0 Å². The molecule has 0 saturated carbocycles. The van der Waals surface area contributed by atoms with Gasteiger partial charge in [-0.25, -0.2) is 0 Å². The van der Waals surface area contributed by atoms with Crippen molar-refractivity contribution >= 4 is 11.9 Å². The Balaban J connectivity index is -0.000000242. The molecule has 4 nitrogen and oxygen atoms in total. The van der Waals surface area contributed by atoms with Gasteiger partial charge in [0.1, 0.15) is 5.97 Å². The molecule has 0 heterocycles. The van der Waals surface area contributed by atoms with Crippen LogP contribution in [0.15, 0.2) is 0 Å². The van der Waals surface area contributed by atoms with Gasteiger partial charge in [0.15, 0.2) is 0 Å². The summed E-state index contributed by atoms with van der Waals surface area (Å²) < 4.78 is 55.3. The van der Waals surface area contributed by atoms with Gasteiger partial charge in [-0.1, -0.05) is 6.92 Å². The van der Waals surface area contributed by atoms with Crippen molar-refractivity contribution in [2.45, 2.75) is 25.4 Å². The zero-order valence-electron chi connectivity index (χ0n) is 8.27. The van der Waals surface area contributed by atoms with Crippen molar-refractivity contribution < 1.29 is 93.1 Å². The topological polar surface area (TPSA) is 77.4 Å². The summed E-state index contributed by atoms with van der Waals surface area (Å²) in [5.41, 5.74) is 0. The third kappa shape index (κ3) is 8.39. The Kier molecular flexibility index (Phi) is 11.2. The first kappa shape index (κ1) is 21.5. The summed E-state index contributed by atoms with van der Waals surface area (Å²) in [5, 5.41) is 16.8. The summed E-state index contributed by atoms with van der Waals surface area (Å²) in [6, 6.07) is 0. The van der Waals surface area contributed by atoms with Gasteiger partial charge in [0.25, 0.3) is 0 Å². The Bertz CT molecular complexity index is 240. The summed E-state index contributed by atoms with van der Waals surface area (Å²) in [6.45, 7) is 1.60. The first-order valence-electron chi connectivity index (χ1n) is 3.34. The monoisotopic (exact) mass is 276 g/mol. The number of carboxylic acid groups (broad SMARTS) is 2. The summed E-state index contributed by atoms with van der Waals surface area (Å²) in [4.78, 5) is 18.5. The largest absolute Gasteiger partial charge is 1.00 e. The Morgan fingerprint density at radius 3 is 1.44 bits per heavy atom. The Hall–Kier alpha value is 0.226. The van der Waals surface area contributed by atoms with Crippen LogP contribution in [-0.2, 0) is 9.59 Å². The zero-order chi connectivity index (χ0) is 12.9. The van der Waals surface area contributed by atoms with E-state index in [1.165, 1.54) is 0 Å². The maximum atomic E-state index is 11.3. The van der Waals surface area contributed by atoms with Crippen LogP contribution in [0.5, 0.6) is 0 Å². The molecule has 90 valence electrons. The molecular weight excluding hydrogens is 270 g/mol. The van der Waals surface area contributed by atoms with Crippen LogP contribution in [0.3, 0.4) is 0 Å². The Morgan fingerprint density at radius 1 is 1.19 bits per heavy atom. The van der Waals surface area contributed by atoms with E-state index in [2.05, 4.69) is 0 Å². The molecule has 0 radical (unpaired) electrons. The summed E-state index contributed by atoms with van der Waals surface area (Å²) in [5.74, 6) is -9.95. The predicted molar refractivity (Wildman–Crippen MR) is 33.9 cm³/mol. The first-order valence-corrected chi connectivity index (χ1v) is 3.34. The van der Waals surface area contributed by atoms with Gasteiger partial charge in [0.05, 0.1) is 0 Å². The second-order valence-electron chi connectivity index (χ2n) is 2.11. The van der Waals surface area contributed by atoms with Crippen molar-refractivity contribution in [2.24, 2.45) is 0 Å². The van der Waals surface area contributed by atoms with Crippen LogP contribution in [0.1, 0.15) is 13.3 Å². The van der Waals surface area contributed by atoms with Crippen molar-refractivity contribution in [1.82, 2.24) is 0 Å². The fourth-order valence-corrected chi connectivity index (χ4v) is 0.116.